The number of hydrogen-bond acceptors (Lipinski definition) is 2. The molecule has 0 bridgehead atoms. The number of hydrogen-bond donors (Lipinski definition) is 2. The van der Waals surface area contributed by atoms with Crippen LogP contribution in [-0.2, 0) is 9.59 Å². The summed E-state index contributed by atoms with van der Waals surface area (Å²) in [5, 5.41) is 4.89. The summed E-state index contributed by atoms with van der Waals surface area (Å²) in [4.78, 5) is 20.1. The Hall–Kier alpha value is -1.32. The first-order valence-corrected chi connectivity index (χ1v) is 2.88. The Labute approximate surface area is 59.3 Å². The van der Waals surface area contributed by atoms with E-state index in [-0.39, 0.29) is 5.91 Å². The van der Waals surface area contributed by atoms with Crippen LogP contribution in [0.2, 0.25) is 0 Å². The van der Waals surface area contributed by atoms with Crippen molar-refractivity contribution in [1.29, 1.82) is 0 Å². The van der Waals surface area contributed by atoms with Crippen molar-refractivity contribution in [3.05, 3.63) is 12.7 Å². The Bertz CT molecular complexity index is 134. The maximum absolute atomic E-state index is 10.4. The maximum atomic E-state index is 10.4. The lowest BCUT2D eigenvalue weighted by atomic mass is 10.5. The summed E-state index contributed by atoms with van der Waals surface area (Å²) in [6.45, 7) is 4.14. The predicted molar refractivity (Wildman–Crippen MR) is 37.3 cm³/mol. The van der Waals surface area contributed by atoms with Crippen LogP contribution < -0.4 is 10.6 Å². The van der Waals surface area contributed by atoms with E-state index in [1.807, 2.05) is 0 Å². The highest BCUT2D eigenvalue weighted by atomic mass is 16.1. The van der Waals surface area contributed by atoms with E-state index in [9.17, 15) is 9.59 Å². The molecule has 2 amide bonds. The summed E-state index contributed by atoms with van der Waals surface area (Å²) in [5.41, 5.74) is 0. The third kappa shape index (κ3) is 4.83. The van der Waals surface area contributed by atoms with Crippen molar-refractivity contribution in [2.45, 2.75) is 0 Å². The average molecular weight is 142 g/mol. The predicted octanol–water partition coefficient (Wildman–Crippen LogP) is -0.965. The molecule has 0 saturated heterocycles. The summed E-state index contributed by atoms with van der Waals surface area (Å²) in [6.07, 6.45) is 1.76. The highest BCUT2D eigenvalue weighted by Crippen LogP contribution is 1.63. The molecule has 0 aliphatic rings. The topological polar surface area (TPSA) is 58.2 Å². The Morgan fingerprint density at radius 2 is 2.20 bits per heavy atom. The number of rotatable bonds is 5. The molecule has 0 aromatic heterocycles. The molecule has 0 aliphatic heterocycles. The fraction of sp³-hybridized carbons (Fsp3) is 0.333. The van der Waals surface area contributed by atoms with E-state index in [0.29, 0.717) is 19.5 Å². The lowest BCUT2D eigenvalue weighted by molar-refractivity contribution is -0.116. The van der Waals surface area contributed by atoms with Crippen LogP contribution in [0, 0.1) is 0 Å². The third-order valence-corrected chi connectivity index (χ3v) is 0.837. The van der Waals surface area contributed by atoms with Gasteiger partial charge in [0.2, 0.25) is 12.3 Å². The summed E-state index contributed by atoms with van der Waals surface area (Å²) in [5.74, 6) is -0.229. The van der Waals surface area contributed by atoms with Crippen LogP contribution in [0.4, 0.5) is 0 Å². The minimum Gasteiger partial charge on any atom is -0.357 e. The minimum atomic E-state index is -0.229. The highest BCUT2D eigenvalue weighted by Gasteiger charge is 1.89. The molecular formula is C6H10N2O2. The molecular weight excluding hydrogens is 132 g/mol. The van der Waals surface area contributed by atoms with Crippen LogP contribution >= 0.6 is 0 Å². The van der Waals surface area contributed by atoms with Crippen molar-refractivity contribution in [3.63, 3.8) is 0 Å². The largest absolute Gasteiger partial charge is 0.357 e. The molecule has 2 N–H and O–H groups in total. The van der Waals surface area contributed by atoms with E-state index < -0.39 is 0 Å². The van der Waals surface area contributed by atoms with E-state index >= 15 is 0 Å². The van der Waals surface area contributed by atoms with Gasteiger partial charge < -0.3 is 10.6 Å². The second-order valence-electron chi connectivity index (χ2n) is 1.57. The number of amides is 2. The highest BCUT2D eigenvalue weighted by molar-refractivity contribution is 5.86. The van der Waals surface area contributed by atoms with Gasteiger partial charge in [-0.05, 0) is 6.08 Å². The molecule has 4 nitrogen and oxygen atoms in total. The Balaban J connectivity index is 3.11. The monoisotopic (exact) mass is 142 g/mol. The second-order valence-corrected chi connectivity index (χ2v) is 1.57. The van der Waals surface area contributed by atoms with Crippen LogP contribution in [0.5, 0.6) is 0 Å². The van der Waals surface area contributed by atoms with E-state index in [1.54, 1.807) is 0 Å². The van der Waals surface area contributed by atoms with Gasteiger partial charge in [0, 0.05) is 13.1 Å². The van der Waals surface area contributed by atoms with Gasteiger partial charge >= 0.3 is 0 Å². The Kier molecular flexibility index (Phi) is 5.04. The Morgan fingerprint density at radius 1 is 1.50 bits per heavy atom. The summed E-state index contributed by atoms with van der Waals surface area (Å²) >= 11 is 0. The van der Waals surface area contributed by atoms with Crippen LogP contribution in [0.25, 0.3) is 0 Å². The first kappa shape index (κ1) is 8.68. The zero-order valence-electron chi connectivity index (χ0n) is 5.59. The number of carbonyl (C=O) groups is 2. The van der Waals surface area contributed by atoms with E-state index in [4.69, 9.17) is 0 Å². The minimum absolute atomic E-state index is 0.229. The van der Waals surface area contributed by atoms with Gasteiger partial charge in [0.25, 0.3) is 0 Å². The van der Waals surface area contributed by atoms with E-state index in [1.165, 1.54) is 6.08 Å². The molecule has 0 aliphatic carbocycles. The maximum Gasteiger partial charge on any atom is 0.243 e. The molecule has 0 unspecified atom stereocenters. The first-order valence-electron chi connectivity index (χ1n) is 2.88. The molecule has 0 heterocycles. The fourth-order valence-electron chi connectivity index (χ4n) is 0.389. The molecule has 0 aromatic rings. The van der Waals surface area contributed by atoms with E-state index in [0.717, 1.165) is 0 Å². The van der Waals surface area contributed by atoms with Crippen molar-refractivity contribution in [3.8, 4) is 0 Å². The zero-order chi connectivity index (χ0) is 7.82. The zero-order valence-corrected chi connectivity index (χ0v) is 5.59. The van der Waals surface area contributed by atoms with Crippen LogP contribution in [0.3, 0.4) is 0 Å². The lowest BCUT2D eigenvalue weighted by Crippen LogP contribution is -2.29. The first-order chi connectivity index (χ1) is 4.81. The van der Waals surface area contributed by atoms with Crippen LogP contribution in [-0.4, -0.2) is 25.4 Å². The van der Waals surface area contributed by atoms with Gasteiger partial charge in [0.1, 0.15) is 0 Å². The molecule has 0 aromatic carbocycles. The number of carbonyl (C=O) groups excluding carboxylic acids is 2. The molecule has 0 rings (SSSR count). The Morgan fingerprint density at radius 3 is 2.70 bits per heavy atom. The van der Waals surface area contributed by atoms with Crippen molar-refractivity contribution in [2.75, 3.05) is 13.1 Å². The third-order valence-electron chi connectivity index (χ3n) is 0.837. The van der Waals surface area contributed by atoms with Crippen molar-refractivity contribution >= 4 is 12.3 Å². The molecule has 0 fully saturated rings. The van der Waals surface area contributed by atoms with Gasteiger partial charge in [-0.1, -0.05) is 6.58 Å². The van der Waals surface area contributed by atoms with Crippen LogP contribution in [0.1, 0.15) is 0 Å². The fourth-order valence-corrected chi connectivity index (χ4v) is 0.389. The molecule has 0 atom stereocenters. The lowest BCUT2D eigenvalue weighted by Gasteiger charge is -1.98. The molecule has 10 heavy (non-hydrogen) atoms. The molecule has 0 saturated carbocycles. The quantitative estimate of drug-likeness (QED) is 0.295. The smallest absolute Gasteiger partial charge is 0.243 e. The molecule has 56 valence electrons. The summed E-state index contributed by atoms with van der Waals surface area (Å²) in [7, 11) is 0. The van der Waals surface area contributed by atoms with Gasteiger partial charge in [-0.25, -0.2) is 0 Å². The van der Waals surface area contributed by atoms with E-state index in [2.05, 4.69) is 17.2 Å². The summed E-state index contributed by atoms with van der Waals surface area (Å²) in [6, 6.07) is 0. The van der Waals surface area contributed by atoms with Crippen molar-refractivity contribution in [2.24, 2.45) is 0 Å². The van der Waals surface area contributed by atoms with Gasteiger partial charge in [0.15, 0.2) is 0 Å². The standard InChI is InChI=1S/C6H10N2O2/c1-2-6(10)8-4-3-7-5-9/h2,5H,1,3-4H2,(H,7,9)(H,8,10). The average Bonchev–Trinajstić information content (AvgIpc) is 1.98. The van der Waals surface area contributed by atoms with Crippen molar-refractivity contribution < 1.29 is 9.59 Å². The normalized spacial score (nSPS) is 8.00. The van der Waals surface area contributed by atoms with Crippen LogP contribution in [0.15, 0.2) is 12.7 Å². The van der Waals surface area contributed by atoms with Gasteiger partial charge in [-0.15, -0.1) is 0 Å². The van der Waals surface area contributed by atoms with Crippen molar-refractivity contribution in [1.82, 2.24) is 10.6 Å². The van der Waals surface area contributed by atoms with Gasteiger partial charge in [0.05, 0.1) is 0 Å². The SMILES string of the molecule is C=CC(=O)NCCNC=O. The van der Waals surface area contributed by atoms with Gasteiger partial charge in [-0.2, -0.15) is 0 Å². The number of nitrogens with one attached hydrogen (secondary N) is 2. The second kappa shape index (κ2) is 5.81. The summed E-state index contributed by atoms with van der Waals surface area (Å²) < 4.78 is 0. The molecule has 0 radical (unpaired) electrons. The molecule has 4 heteroatoms. The van der Waals surface area contributed by atoms with Gasteiger partial charge in [-0.3, -0.25) is 9.59 Å². The molecule has 0 spiro atoms.